The fourth-order valence-corrected chi connectivity index (χ4v) is 0.925. The number of rotatable bonds is 1. The van der Waals surface area contributed by atoms with Gasteiger partial charge in [0.25, 0.3) is 0 Å². The minimum absolute atomic E-state index is 0.0394. The van der Waals surface area contributed by atoms with Crippen molar-refractivity contribution in [2.24, 2.45) is 0 Å². The summed E-state index contributed by atoms with van der Waals surface area (Å²) in [5.74, 6) is -0.0394. The lowest BCUT2D eigenvalue weighted by Crippen LogP contribution is -1.94. The van der Waals surface area contributed by atoms with Gasteiger partial charge in [-0.15, -0.1) is 0 Å². The Balaban J connectivity index is 3.15. The molecule has 0 aliphatic heterocycles. The van der Waals surface area contributed by atoms with Crippen molar-refractivity contribution in [3.05, 3.63) is 27.7 Å². The van der Waals surface area contributed by atoms with E-state index in [0.717, 1.165) is 0 Å². The largest absolute Gasteiger partial charge is 0.422 e. The molecule has 0 bridgehead atoms. The van der Waals surface area contributed by atoms with Crippen molar-refractivity contribution in [1.82, 2.24) is 4.98 Å². The number of pyridine rings is 1. The first-order chi connectivity index (χ1) is 4.72. The molecule has 0 aliphatic rings. The Labute approximate surface area is 65.2 Å². The van der Waals surface area contributed by atoms with Crippen LogP contribution in [0, 0.1) is 4.91 Å². The number of nitrogens with zero attached hydrogens (tertiary/aromatic N) is 2. The summed E-state index contributed by atoms with van der Waals surface area (Å²) in [4.78, 5) is 13.6. The van der Waals surface area contributed by atoms with Crippen molar-refractivity contribution in [3.63, 3.8) is 0 Å². The van der Waals surface area contributed by atoms with E-state index in [2.05, 4.69) is 20.9 Å². The molecule has 0 saturated carbocycles. The molecule has 52 valence electrons. The quantitative estimate of drug-likeness (QED) is 0.707. The highest BCUT2D eigenvalue weighted by molar-refractivity contribution is 9.10. The Morgan fingerprint density at radius 1 is 1.70 bits per heavy atom. The molecule has 0 amide bonds. The van der Waals surface area contributed by atoms with Gasteiger partial charge in [-0.25, -0.2) is 0 Å². The van der Waals surface area contributed by atoms with Gasteiger partial charge in [0.1, 0.15) is 10.7 Å². The highest BCUT2D eigenvalue weighted by atomic mass is 79.9. The van der Waals surface area contributed by atoms with Crippen molar-refractivity contribution in [3.8, 4) is 0 Å². The predicted octanol–water partition coefficient (Wildman–Crippen LogP) is 1.64. The third kappa shape index (κ3) is 1.30. The van der Waals surface area contributed by atoms with Crippen LogP contribution < -0.4 is 0 Å². The van der Waals surface area contributed by atoms with Crippen LogP contribution in [0.25, 0.3) is 0 Å². The topological polar surface area (TPSA) is 53.2 Å². The van der Waals surface area contributed by atoms with E-state index < -0.39 is 0 Å². The average molecular weight is 204 g/mol. The second-order valence-corrected chi connectivity index (χ2v) is 2.44. The Morgan fingerprint density at radius 3 is 2.80 bits per heavy atom. The van der Waals surface area contributed by atoms with E-state index in [1.165, 1.54) is 6.20 Å². The van der Waals surface area contributed by atoms with E-state index in [9.17, 15) is 4.91 Å². The van der Waals surface area contributed by atoms with E-state index in [1.54, 1.807) is 12.1 Å². The van der Waals surface area contributed by atoms with Crippen LogP contribution in [0.3, 0.4) is 0 Å². The summed E-state index contributed by atoms with van der Waals surface area (Å²) >= 11 is 3.03. The Kier molecular flexibility index (Phi) is 1.96. The molecule has 0 atom stereocenters. The van der Waals surface area contributed by atoms with Crippen molar-refractivity contribution in [2.45, 2.75) is 0 Å². The first kappa shape index (κ1) is 7.14. The number of hydrogen-bond donors (Lipinski definition) is 1. The highest BCUT2D eigenvalue weighted by Gasteiger charge is 2.15. The monoisotopic (exact) mass is 203 g/mol. The zero-order chi connectivity index (χ0) is 7.56. The predicted molar refractivity (Wildman–Crippen MR) is 37.0 cm³/mol. The van der Waals surface area contributed by atoms with Crippen LogP contribution in [0.5, 0.6) is 0 Å². The average Bonchev–Trinajstić information content (AvgIpc) is 1.88. The summed E-state index contributed by atoms with van der Waals surface area (Å²) in [5, 5.41) is 8.39. The summed E-state index contributed by atoms with van der Waals surface area (Å²) in [6.07, 6.45) is 1.42. The SMILES string of the molecule is O=[N+](O)c1ncccc1Br. The lowest BCUT2D eigenvalue weighted by molar-refractivity contribution is -0.732. The number of hydrogen-bond acceptors (Lipinski definition) is 2. The molecule has 4 nitrogen and oxygen atoms in total. The summed E-state index contributed by atoms with van der Waals surface area (Å²) in [6.45, 7) is 0. The van der Waals surface area contributed by atoms with Gasteiger partial charge >= 0.3 is 5.82 Å². The van der Waals surface area contributed by atoms with E-state index >= 15 is 0 Å². The molecule has 0 radical (unpaired) electrons. The van der Waals surface area contributed by atoms with Gasteiger partial charge in [-0.3, -0.25) is 0 Å². The molecule has 0 aromatic carbocycles. The Morgan fingerprint density at radius 2 is 2.40 bits per heavy atom. The maximum atomic E-state index is 10.2. The van der Waals surface area contributed by atoms with Crippen LogP contribution in [0.2, 0.25) is 0 Å². The van der Waals surface area contributed by atoms with Crippen LogP contribution in [-0.4, -0.2) is 15.1 Å². The van der Waals surface area contributed by atoms with Gasteiger partial charge in [0.2, 0.25) is 0 Å². The molecule has 0 spiro atoms. The van der Waals surface area contributed by atoms with Crippen molar-refractivity contribution < 1.29 is 10.1 Å². The van der Waals surface area contributed by atoms with E-state index in [0.29, 0.717) is 4.47 Å². The summed E-state index contributed by atoms with van der Waals surface area (Å²) in [7, 11) is 0. The van der Waals surface area contributed by atoms with Gasteiger partial charge in [-0.2, -0.15) is 0 Å². The Hall–Kier alpha value is -0.970. The van der Waals surface area contributed by atoms with Crippen LogP contribution in [0.1, 0.15) is 0 Å². The highest BCUT2D eigenvalue weighted by Crippen LogP contribution is 2.19. The normalized spacial score (nSPS) is 9.30. The molecule has 0 saturated heterocycles. The molecule has 1 rings (SSSR count). The maximum Gasteiger partial charge on any atom is 0.422 e. The second-order valence-electron chi connectivity index (χ2n) is 1.58. The van der Waals surface area contributed by atoms with Gasteiger partial charge in [0, 0.05) is 0 Å². The fraction of sp³-hybridized carbons (Fsp3) is 0. The van der Waals surface area contributed by atoms with Gasteiger partial charge in [-0.1, -0.05) is 0 Å². The van der Waals surface area contributed by atoms with E-state index in [1.807, 2.05) is 0 Å². The summed E-state index contributed by atoms with van der Waals surface area (Å²) in [6, 6.07) is 3.26. The van der Waals surface area contributed by atoms with Crippen molar-refractivity contribution >= 4 is 21.7 Å². The first-order valence-corrected chi connectivity index (χ1v) is 3.28. The van der Waals surface area contributed by atoms with Crippen molar-refractivity contribution in [1.29, 1.82) is 0 Å². The maximum absolute atomic E-state index is 10.2. The third-order valence-corrected chi connectivity index (χ3v) is 1.54. The Bertz CT molecular complexity index is 264. The standard InChI is InChI=1S/C5H4BrN2O2/c6-4-2-1-3-7-5(4)8(9)10/h1-3H,(H,9,10)/q+1. The molecule has 0 fully saturated rings. The van der Waals surface area contributed by atoms with Gasteiger partial charge in [0.05, 0.1) is 0 Å². The molecule has 1 N–H and O–H groups in total. The summed E-state index contributed by atoms with van der Waals surface area (Å²) < 4.78 is 0.465. The smallest absolute Gasteiger partial charge is 0.313 e. The minimum atomic E-state index is -0.288. The van der Waals surface area contributed by atoms with Crippen LogP contribution in [0.15, 0.2) is 22.8 Å². The van der Waals surface area contributed by atoms with Crippen LogP contribution in [0.4, 0.5) is 5.82 Å². The van der Waals surface area contributed by atoms with Gasteiger partial charge in [0.15, 0.2) is 4.92 Å². The zero-order valence-electron chi connectivity index (χ0n) is 4.86. The molecular formula is C5H4BrN2O2+. The number of aromatic nitrogens is 1. The van der Waals surface area contributed by atoms with Gasteiger partial charge < -0.3 is 5.21 Å². The molecule has 1 aromatic heterocycles. The molecule has 0 aliphatic carbocycles. The minimum Gasteiger partial charge on any atom is -0.313 e. The van der Waals surface area contributed by atoms with Crippen LogP contribution in [-0.2, 0) is 0 Å². The molecule has 5 heteroatoms. The fourth-order valence-electron chi connectivity index (χ4n) is 0.518. The zero-order valence-corrected chi connectivity index (χ0v) is 6.45. The first-order valence-electron chi connectivity index (χ1n) is 2.48. The molecule has 1 aromatic rings. The molecule has 10 heavy (non-hydrogen) atoms. The molecule has 1 heterocycles. The van der Waals surface area contributed by atoms with Crippen LogP contribution >= 0.6 is 15.9 Å². The lowest BCUT2D eigenvalue weighted by Gasteiger charge is -1.84. The van der Waals surface area contributed by atoms with E-state index in [-0.39, 0.29) is 10.7 Å². The van der Waals surface area contributed by atoms with E-state index in [4.69, 9.17) is 5.21 Å². The second kappa shape index (κ2) is 2.74. The third-order valence-electron chi connectivity index (χ3n) is 0.920. The summed E-state index contributed by atoms with van der Waals surface area (Å²) in [5.41, 5.74) is 0. The molecular weight excluding hydrogens is 200 g/mol. The molecule has 0 unspecified atom stereocenters. The number of halogens is 1. The lowest BCUT2D eigenvalue weighted by atomic mass is 10.5. The van der Waals surface area contributed by atoms with Crippen molar-refractivity contribution in [2.75, 3.05) is 0 Å². The van der Waals surface area contributed by atoms with Gasteiger partial charge in [-0.05, 0) is 38.0 Å².